The molecule has 0 heterocycles. The molecule has 0 saturated heterocycles. The van der Waals surface area contributed by atoms with Gasteiger partial charge in [-0.3, -0.25) is 9.59 Å². The van der Waals surface area contributed by atoms with Crippen LogP contribution in [0.4, 0.5) is 0 Å². The van der Waals surface area contributed by atoms with Gasteiger partial charge in [0.05, 0.1) is 5.92 Å². The second-order valence-electron chi connectivity index (χ2n) is 3.79. The van der Waals surface area contributed by atoms with Crippen LogP contribution in [-0.2, 0) is 9.59 Å². The minimum Gasteiger partial charge on any atom is -0.481 e. The van der Waals surface area contributed by atoms with Crippen LogP contribution in [0.25, 0.3) is 0 Å². The van der Waals surface area contributed by atoms with Gasteiger partial charge >= 0.3 is 5.97 Å². The predicted molar refractivity (Wildman–Crippen MR) is 64.9 cm³/mol. The SMILES string of the molecule is NC(=O)C(CCCC(=O)O)c1ccc(Cl)cc1. The minimum absolute atomic E-state index is 0.0391. The van der Waals surface area contributed by atoms with E-state index >= 15 is 0 Å². The van der Waals surface area contributed by atoms with Gasteiger partial charge in [-0.2, -0.15) is 0 Å². The average molecular weight is 256 g/mol. The molecule has 1 aromatic rings. The molecule has 0 aliphatic heterocycles. The number of hydrogen-bond acceptors (Lipinski definition) is 2. The van der Waals surface area contributed by atoms with E-state index in [4.69, 9.17) is 22.4 Å². The van der Waals surface area contributed by atoms with Crippen molar-refractivity contribution in [3.05, 3.63) is 34.9 Å². The van der Waals surface area contributed by atoms with Crippen LogP contribution in [0.5, 0.6) is 0 Å². The predicted octanol–water partition coefficient (Wildman–Crippen LogP) is 2.16. The third-order valence-corrected chi connectivity index (χ3v) is 2.75. The van der Waals surface area contributed by atoms with E-state index in [0.29, 0.717) is 17.9 Å². The molecule has 17 heavy (non-hydrogen) atoms. The number of amides is 1. The van der Waals surface area contributed by atoms with E-state index in [9.17, 15) is 9.59 Å². The van der Waals surface area contributed by atoms with Crippen molar-refractivity contribution < 1.29 is 14.7 Å². The minimum atomic E-state index is -0.871. The third kappa shape index (κ3) is 4.44. The highest BCUT2D eigenvalue weighted by molar-refractivity contribution is 6.30. The van der Waals surface area contributed by atoms with E-state index in [0.717, 1.165) is 5.56 Å². The van der Waals surface area contributed by atoms with Crippen LogP contribution in [0.1, 0.15) is 30.7 Å². The standard InChI is InChI=1S/C12H14ClNO3/c13-9-6-4-8(5-7-9)10(12(14)17)2-1-3-11(15)16/h4-7,10H,1-3H2,(H2,14,17)(H,15,16). The first kappa shape index (κ1) is 13.5. The van der Waals surface area contributed by atoms with Gasteiger partial charge in [-0.1, -0.05) is 23.7 Å². The van der Waals surface area contributed by atoms with Crippen molar-refractivity contribution in [3.63, 3.8) is 0 Å². The van der Waals surface area contributed by atoms with Crippen LogP contribution < -0.4 is 5.73 Å². The van der Waals surface area contributed by atoms with E-state index in [1.54, 1.807) is 24.3 Å². The number of carbonyl (C=O) groups excluding carboxylic acids is 1. The Kier molecular flexibility index (Phi) is 4.97. The highest BCUT2D eigenvalue weighted by Crippen LogP contribution is 2.23. The van der Waals surface area contributed by atoms with E-state index in [1.807, 2.05) is 0 Å². The maximum absolute atomic E-state index is 11.3. The molecule has 1 aromatic carbocycles. The first-order valence-corrected chi connectivity index (χ1v) is 5.65. The van der Waals surface area contributed by atoms with Crippen LogP contribution in [0.15, 0.2) is 24.3 Å². The number of carboxylic acids is 1. The average Bonchev–Trinajstić information content (AvgIpc) is 2.25. The fraction of sp³-hybridized carbons (Fsp3) is 0.333. The number of carbonyl (C=O) groups is 2. The Balaban J connectivity index is 2.69. The number of benzene rings is 1. The van der Waals surface area contributed by atoms with Gasteiger partial charge in [0, 0.05) is 11.4 Å². The molecule has 92 valence electrons. The summed E-state index contributed by atoms with van der Waals surface area (Å²) in [7, 11) is 0. The first-order chi connectivity index (χ1) is 8.00. The van der Waals surface area contributed by atoms with Gasteiger partial charge < -0.3 is 10.8 Å². The Morgan fingerprint density at radius 3 is 2.35 bits per heavy atom. The number of nitrogens with two attached hydrogens (primary N) is 1. The molecular formula is C12H14ClNO3. The third-order valence-electron chi connectivity index (χ3n) is 2.50. The molecule has 1 unspecified atom stereocenters. The van der Waals surface area contributed by atoms with Gasteiger partial charge in [-0.15, -0.1) is 0 Å². The number of halogens is 1. The highest BCUT2D eigenvalue weighted by atomic mass is 35.5. The summed E-state index contributed by atoms with van der Waals surface area (Å²) in [6, 6.07) is 6.84. The van der Waals surface area contributed by atoms with E-state index in [2.05, 4.69) is 0 Å². The molecule has 3 N–H and O–H groups in total. The van der Waals surface area contributed by atoms with Gasteiger partial charge in [0.2, 0.25) is 5.91 Å². The van der Waals surface area contributed by atoms with Crippen LogP contribution in [0.3, 0.4) is 0 Å². The first-order valence-electron chi connectivity index (χ1n) is 5.27. The number of rotatable bonds is 6. The molecule has 1 atom stereocenters. The molecule has 0 bridgehead atoms. The van der Waals surface area contributed by atoms with E-state index < -0.39 is 17.8 Å². The van der Waals surface area contributed by atoms with E-state index in [1.165, 1.54) is 0 Å². The molecule has 0 saturated carbocycles. The molecule has 0 radical (unpaired) electrons. The molecule has 0 aromatic heterocycles. The summed E-state index contributed by atoms with van der Waals surface area (Å²) in [5.74, 6) is -1.77. The largest absolute Gasteiger partial charge is 0.481 e. The fourth-order valence-electron chi connectivity index (χ4n) is 1.63. The van der Waals surface area contributed by atoms with Gasteiger partial charge in [0.1, 0.15) is 0 Å². The van der Waals surface area contributed by atoms with E-state index in [-0.39, 0.29) is 6.42 Å². The zero-order valence-electron chi connectivity index (χ0n) is 9.23. The lowest BCUT2D eigenvalue weighted by molar-refractivity contribution is -0.137. The second-order valence-corrected chi connectivity index (χ2v) is 4.23. The second kappa shape index (κ2) is 6.25. The van der Waals surface area contributed by atoms with Gasteiger partial charge in [0.15, 0.2) is 0 Å². The van der Waals surface area contributed by atoms with Crippen LogP contribution in [0.2, 0.25) is 5.02 Å². The lowest BCUT2D eigenvalue weighted by Crippen LogP contribution is -2.21. The number of carboxylic acid groups (broad SMARTS) is 1. The molecule has 4 nitrogen and oxygen atoms in total. The Labute approximate surface area is 104 Å². The molecule has 5 heteroatoms. The molecule has 1 amide bonds. The molecule has 0 aliphatic rings. The van der Waals surface area contributed by atoms with Gasteiger partial charge in [-0.25, -0.2) is 0 Å². The molecule has 0 aliphatic carbocycles. The Bertz CT molecular complexity index is 403. The fourth-order valence-corrected chi connectivity index (χ4v) is 1.75. The Hall–Kier alpha value is -1.55. The monoisotopic (exact) mass is 255 g/mol. The van der Waals surface area contributed by atoms with Crippen molar-refractivity contribution in [2.24, 2.45) is 5.73 Å². The normalized spacial score (nSPS) is 12.1. The summed E-state index contributed by atoms with van der Waals surface area (Å²) in [6.07, 6.45) is 0.895. The Morgan fingerprint density at radius 1 is 1.29 bits per heavy atom. The van der Waals surface area contributed by atoms with Crippen molar-refractivity contribution in [3.8, 4) is 0 Å². The number of hydrogen-bond donors (Lipinski definition) is 2. The molecule has 0 spiro atoms. The van der Waals surface area contributed by atoms with Crippen molar-refractivity contribution in [1.29, 1.82) is 0 Å². The smallest absolute Gasteiger partial charge is 0.303 e. The summed E-state index contributed by atoms with van der Waals surface area (Å²) < 4.78 is 0. The Morgan fingerprint density at radius 2 is 1.88 bits per heavy atom. The van der Waals surface area contributed by atoms with Gasteiger partial charge in [-0.05, 0) is 30.5 Å². The maximum Gasteiger partial charge on any atom is 0.303 e. The molecular weight excluding hydrogens is 242 g/mol. The summed E-state index contributed by atoms with van der Waals surface area (Å²) in [4.78, 5) is 21.7. The van der Waals surface area contributed by atoms with Crippen molar-refractivity contribution >= 4 is 23.5 Å². The summed E-state index contributed by atoms with van der Waals surface area (Å²) >= 11 is 5.75. The van der Waals surface area contributed by atoms with Crippen molar-refractivity contribution in [1.82, 2.24) is 0 Å². The summed E-state index contributed by atoms with van der Waals surface area (Å²) in [5.41, 5.74) is 6.07. The molecule has 1 rings (SSSR count). The van der Waals surface area contributed by atoms with Crippen molar-refractivity contribution in [2.75, 3.05) is 0 Å². The number of aliphatic carboxylic acids is 1. The quantitative estimate of drug-likeness (QED) is 0.817. The summed E-state index contributed by atoms with van der Waals surface area (Å²) in [6.45, 7) is 0. The van der Waals surface area contributed by atoms with Crippen LogP contribution in [-0.4, -0.2) is 17.0 Å². The van der Waals surface area contributed by atoms with Gasteiger partial charge in [0.25, 0.3) is 0 Å². The topological polar surface area (TPSA) is 80.4 Å². The summed E-state index contributed by atoms with van der Waals surface area (Å²) in [5, 5.41) is 9.12. The maximum atomic E-state index is 11.3. The molecule has 0 fully saturated rings. The lowest BCUT2D eigenvalue weighted by atomic mass is 9.93. The number of primary amides is 1. The lowest BCUT2D eigenvalue weighted by Gasteiger charge is -2.13. The van der Waals surface area contributed by atoms with Crippen LogP contribution in [0, 0.1) is 0 Å². The zero-order valence-corrected chi connectivity index (χ0v) is 9.98. The van der Waals surface area contributed by atoms with Crippen LogP contribution >= 0.6 is 11.6 Å². The zero-order chi connectivity index (χ0) is 12.8. The van der Waals surface area contributed by atoms with Crippen molar-refractivity contribution in [2.45, 2.75) is 25.2 Å². The highest BCUT2D eigenvalue weighted by Gasteiger charge is 2.17.